The summed E-state index contributed by atoms with van der Waals surface area (Å²) in [6, 6.07) is 4.56. The van der Waals surface area contributed by atoms with Crippen molar-refractivity contribution >= 4 is 28.6 Å². The maximum atomic E-state index is 13.6. The van der Waals surface area contributed by atoms with Gasteiger partial charge in [0.05, 0.1) is 19.0 Å². The van der Waals surface area contributed by atoms with E-state index in [0.29, 0.717) is 41.1 Å². The molecular weight excluding hydrogens is 361 g/mol. The number of anilines is 3. The molecule has 8 nitrogen and oxygen atoms in total. The van der Waals surface area contributed by atoms with Crippen LogP contribution in [0.2, 0.25) is 0 Å². The summed E-state index contributed by atoms with van der Waals surface area (Å²) in [4.78, 5) is 13.6. The van der Waals surface area contributed by atoms with E-state index in [-0.39, 0.29) is 18.5 Å². The number of nitrogens with zero attached hydrogens (tertiary/aromatic N) is 4. The first-order valence-corrected chi connectivity index (χ1v) is 9.48. The maximum absolute atomic E-state index is 13.6. The minimum absolute atomic E-state index is 0.0115. The number of hydrogen-bond acceptors (Lipinski definition) is 7. The molecule has 1 aliphatic rings. The average Bonchev–Trinajstić information content (AvgIpc) is 3.45. The Bertz CT molecular complexity index is 982. The van der Waals surface area contributed by atoms with Gasteiger partial charge >= 0.3 is 0 Å². The van der Waals surface area contributed by atoms with Gasteiger partial charge in [-0.1, -0.05) is 6.92 Å². The van der Waals surface area contributed by atoms with E-state index in [4.69, 9.17) is 5.73 Å². The summed E-state index contributed by atoms with van der Waals surface area (Å²) in [7, 11) is 0. The van der Waals surface area contributed by atoms with E-state index in [9.17, 15) is 9.50 Å². The van der Waals surface area contributed by atoms with E-state index in [1.165, 1.54) is 12.1 Å². The molecule has 5 N–H and O–H groups in total. The molecular formula is C19H24FN7O. The van der Waals surface area contributed by atoms with E-state index in [1.807, 2.05) is 6.92 Å². The summed E-state index contributed by atoms with van der Waals surface area (Å²) in [6.45, 7) is 2.28. The van der Waals surface area contributed by atoms with Crippen LogP contribution in [0.1, 0.15) is 37.8 Å². The number of nitrogen functional groups attached to an aromatic ring is 1. The van der Waals surface area contributed by atoms with Gasteiger partial charge in [0.15, 0.2) is 17.0 Å². The van der Waals surface area contributed by atoms with Crippen LogP contribution in [0, 0.1) is 5.82 Å². The molecule has 2 heterocycles. The highest BCUT2D eigenvalue weighted by atomic mass is 19.1. The van der Waals surface area contributed by atoms with Gasteiger partial charge in [0.25, 0.3) is 0 Å². The molecule has 1 unspecified atom stereocenters. The van der Waals surface area contributed by atoms with Crippen molar-refractivity contribution in [1.82, 2.24) is 19.5 Å². The molecule has 0 spiro atoms. The predicted molar refractivity (Wildman–Crippen MR) is 107 cm³/mol. The second-order valence-electron chi connectivity index (χ2n) is 7.08. The molecule has 4 rings (SSSR count). The monoisotopic (exact) mass is 385 g/mol. The van der Waals surface area contributed by atoms with Gasteiger partial charge in [-0.05, 0) is 43.0 Å². The molecule has 0 amide bonds. The molecule has 148 valence electrons. The Hall–Kier alpha value is -2.94. The topological polar surface area (TPSA) is 114 Å². The average molecular weight is 385 g/mol. The molecule has 1 saturated carbocycles. The zero-order valence-corrected chi connectivity index (χ0v) is 15.7. The van der Waals surface area contributed by atoms with Gasteiger partial charge in [-0.15, -0.1) is 0 Å². The summed E-state index contributed by atoms with van der Waals surface area (Å²) in [5.74, 6) is 0.627. The molecule has 0 bridgehead atoms. The van der Waals surface area contributed by atoms with Crippen LogP contribution in [0.25, 0.3) is 11.2 Å². The number of aliphatic hydroxyl groups is 1. The summed E-state index contributed by atoms with van der Waals surface area (Å²) >= 11 is 0. The highest BCUT2D eigenvalue weighted by molar-refractivity contribution is 5.84. The number of nitrogens with two attached hydrogens (primary N) is 1. The largest absolute Gasteiger partial charge is 0.398 e. The lowest BCUT2D eigenvalue weighted by Gasteiger charge is -2.16. The third-order valence-corrected chi connectivity index (χ3v) is 4.96. The van der Waals surface area contributed by atoms with Crippen LogP contribution in [0.3, 0.4) is 0 Å². The van der Waals surface area contributed by atoms with Crippen molar-refractivity contribution in [3.8, 4) is 0 Å². The first kappa shape index (κ1) is 18.4. The zero-order valence-electron chi connectivity index (χ0n) is 15.7. The number of fused-ring (bicyclic) bond motifs is 1. The van der Waals surface area contributed by atoms with Gasteiger partial charge in [0.1, 0.15) is 5.82 Å². The molecule has 1 aromatic carbocycles. The van der Waals surface area contributed by atoms with Crippen LogP contribution < -0.4 is 16.4 Å². The lowest BCUT2D eigenvalue weighted by Crippen LogP contribution is -2.24. The number of hydrogen-bond donors (Lipinski definition) is 4. The summed E-state index contributed by atoms with van der Waals surface area (Å²) in [6.07, 6.45) is 4.73. The van der Waals surface area contributed by atoms with Crippen molar-refractivity contribution in [2.75, 3.05) is 23.0 Å². The van der Waals surface area contributed by atoms with Crippen LogP contribution in [0.15, 0.2) is 24.5 Å². The van der Waals surface area contributed by atoms with Crippen LogP contribution >= 0.6 is 0 Å². The van der Waals surface area contributed by atoms with Crippen molar-refractivity contribution in [3.05, 3.63) is 35.9 Å². The van der Waals surface area contributed by atoms with Crippen LogP contribution in [-0.4, -0.2) is 37.3 Å². The second-order valence-corrected chi connectivity index (χ2v) is 7.08. The van der Waals surface area contributed by atoms with Gasteiger partial charge in [-0.2, -0.15) is 9.97 Å². The Morgan fingerprint density at radius 1 is 1.36 bits per heavy atom. The molecule has 1 atom stereocenters. The highest BCUT2D eigenvalue weighted by Gasteiger charge is 2.27. The Balaban J connectivity index is 1.68. The normalized spacial score (nSPS) is 15.0. The number of aliphatic hydroxyl groups excluding tert-OH is 1. The lowest BCUT2D eigenvalue weighted by molar-refractivity contribution is 0.271. The summed E-state index contributed by atoms with van der Waals surface area (Å²) < 4.78 is 15.6. The molecule has 0 radical (unpaired) electrons. The molecule has 3 aromatic rings. The van der Waals surface area contributed by atoms with Crippen molar-refractivity contribution in [1.29, 1.82) is 0 Å². The standard InChI is InChI=1S/C19H24FN7O/c1-2-13(9-28)24-19-25-17(22-8-11-7-12(20)3-6-15(11)21)16-18(26-19)27(10-23-16)14-4-5-14/h3,6-7,10,13-14,28H,2,4-5,8-9,21H2,1H3,(H2,22,24,25,26). The molecule has 1 fully saturated rings. The van der Waals surface area contributed by atoms with Crippen molar-refractivity contribution < 1.29 is 9.50 Å². The van der Waals surface area contributed by atoms with E-state index in [0.717, 1.165) is 24.9 Å². The number of benzene rings is 1. The van der Waals surface area contributed by atoms with Crippen molar-refractivity contribution in [3.63, 3.8) is 0 Å². The van der Waals surface area contributed by atoms with Crippen LogP contribution in [0.5, 0.6) is 0 Å². The molecule has 9 heteroatoms. The van der Waals surface area contributed by atoms with Gasteiger partial charge in [-0.25, -0.2) is 9.37 Å². The Morgan fingerprint density at radius 3 is 2.89 bits per heavy atom. The third kappa shape index (κ3) is 3.70. The van der Waals surface area contributed by atoms with Gasteiger partial charge in [0, 0.05) is 18.3 Å². The Labute approximate surface area is 162 Å². The number of halogens is 1. The predicted octanol–water partition coefficient (Wildman–Crippen LogP) is 2.68. The zero-order chi connectivity index (χ0) is 19.7. The van der Waals surface area contributed by atoms with E-state index in [1.54, 1.807) is 12.4 Å². The fourth-order valence-electron chi connectivity index (χ4n) is 3.09. The number of imidazole rings is 1. The molecule has 1 aliphatic carbocycles. The van der Waals surface area contributed by atoms with Crippen LogP contribution in [0.4, 0.5) is 21.8 Å². The van der Waals surface area contributed by atoms with Gasteiger partial charge < -0.3 is 26.0 Å². The van der Waals surface area contributed by atoms with E-state index < -0.39 is 0 Å². The second kappa shape index (κ2) is 7.59. The Kier molecular flexibility index (Phi) is 4.99. The number of nitrogens with one attached hydrogen (secondary N) is 2. The van der Waals surface area contributed by atoms with Crippen molar-refractivity contribution in [2.24, 2.45) is 0 Å². The van der Waals surface area contributed by atoms with Gasteiger partial charge in [0.2, 0.25) is 5.95 Å². The van der Waals surface area contributed by atoms with E-state index in [2.05, 4.69) is 30.2 Å². The Morgan fingerprint density at radius 2 is 2.18 bits per heavy atom. The quantitative estimate of drug-likeness (QED) is 0.441. The highest BCUT2D eigenvalue weighted by Crippen LogP contribution is 2.37. The van der Waals surface area contributed by atoms with Crippen molar-refractivity contribution in [2.45, 2.75) is 44.8 Å². The van der Waals surface area contributed by atoms with E-state index >= 15 is 0 Å². The first-order valence-electron chi connectivity index (χ1n) is 9.48. The smallest absolute Gasteiger partial charge is 0.227 e. The first-order chi connectivity index (χ1) is 13.6. The number of rotatable bonds is 8. The lowest BCUT2D eigenvalue weighted by atomic mass is 10.2. The number of aromatic nitrogens is 4. The molecule has 2 aromatic heterocycles. The minimum atomic E-state index is -0.340. The molecule has 28 heavy (non-hydrogen) atoms. The summed E-state index contributed by atoms with van der Waals surface area (Å²) in [5.41, 5.74) is 8.50. The van der Waals surface area contributed by atoms with Gasteiger partial charge in [-0.3, -0.25) is 0 Å². The summed E-state index contributed by atoms with van der Waals surface area (Å²) in [5, 5.41) is 15.9. The fraction of sp³-hybridized carbons (Fsp3) is 0.421. The molecule has 0 aliphatic heterocycles. The minimum Gasteiger partial charge on any atom is -0.398 e. The molecule has 0 saturated heterocycles. The SMILES string of the molecule is CCC(CO)Nc1nc(NCc2cc(F)ccc2N)c2ncn(C3CC3)c2n1. The maximum Gasteiger partial charge on any atom is 0.227 e. The third-order valence-electron chi connectivity index (χ3n) is 4.96. The van der Waals surface area contributed by atoms with Crippen LogP contribution in [-0.2, 0) is 6.54 Å². The fourth-order valence-corrected chi connectivity index (χ4v) is 3.09.